The number of pyridine rings is 1. The van der Waals surface area contributed by atoms with Gasteiger partial charge < -0.3 is 16.0 Å². The van der Waals surface area contributed by atoms with E-state index in [1.54, 1.807) is 91.3 Å². The Morgan fingerprint density at radius 3 is 2.33 bits per heavy atom. The van der Waals surface area contributed by atoms with Crippen LogP contribution in [0.5, 0.6) is 0 Å². The van der Waals surface area contributed by atoms with E-state index in [0.29, 0.717) is 27.5 Å². The van der Waals surface area contributed by atoms with Crippen LogP contribution in [-0.4, -0.2) is 28.0 Å². The molecule has 4 rings (SSSR count). The second-order valence-corrected chi connectivity index (χ2v) is 10.3. The Morgan fingerprint density at radius 1 is 0.872 bits per heavy atom. The number of amides is 3. The van der Waals surface area contributed by atoms with E-state index < -0.39 is 11.8 Å². The average Bonchev–Trinajstić information content (AvgIpc) is 2.94. The maximum atomic E-state index is 13.2. The van der Waals surface area contributed by atoms with Gasteiger partial charge in [-0.3, -0.25) is 19.4 Å². The highest BCUT2D eigenvalue weighted by molar-refractivity contribution is 8.00. The van der Waals surface area contributed by atoms with E-state index in [0.717, 1.165) is 4.90 Å². The van der Waals surface area contributed by atoms with Crippen LogP contribution in [-0.2, 0) is 9.59 Å². The Bertz CT molecular complexity index is 1480. The number of hydrogen-bond acceptors (Lipinski definition) is 5. The topological polar surface area (TPSA) is 100 Å². The Balaban J connectivity index is 1.41. The third kappa shape index (κ3) is 8.29. The molecule has 0 saturated heterocycles. The average molecular weight is 557 g/mol. The normalized spacial score (nSPS) is 11.8. The number of carbonyl (C=O) groups excluding carboxylic acids is 3. The van der Waals surface area contributed by atoms with Crippen LogP contribution in [0.2, 0.25) is 5.02 Å². The summed E-state index contributed by atoms with van der Waals surface area (Å²) in [6.07, 6.45) is 4.78. The minimum absolute atomic E-state index is 0.0709. The van der Waals surface area contributed by atoms with E-state index in [9.17, 15) is 14.4 Å². The van der Waals surface area contributed by atoms with Gasteiger partial charge in [-0.1, -0.05) is 41.9 Å². The van der Waals surface area contributed by atoms with Crippen molar-refractivity contribution >= 4 is 58.5 Å². The van der Waals surface area contributed by atoms with Gasteiger partial charge in [-0.15, -0.1) is 11.8 Å². The first-order valence-corrected chi connectivity index (χ1v) is 13.3. The van der Waals surface area contributed by atoms with Crippen molar-refractivity contribution in [3.63, 3.8) is 0 Å². The van der Waals surface area contributed by atoms with Gasteiger partial charge in [0.25, 0.3) is 11.8 Å². The van der Waals surface area contributed by atoms with Crippen molar-refractivity contribution < 1.29 is 14.4 Å². The maximum Gasteiger partial charge on any atom is 0.272 e. The summed E-state index contributed by atoms with van der Waals surface area (Å²) in [7, 11) is 0. The lowest BCUT2D eigenvalue weighted by atomic mass is 10.2. The molecule has 3 aromatic carbocycles. The van der Waals surface area contributed by atoms with Crippen molar-refractivity contribution in [2.45, 2.75) is 17.1 Å². The predicted molar refractivity (Wildman–Crippen MR) is 157 cm³/mol. The van der Waals surface area contributed by atoms with Crippen molar-refractivity contribution in [1.82, 2.24) is 10.3 Å². The molecule has 0 aliphatic rings. The highest BCUT2D eigenvalue weighted by atomic mass is 35.5. The number of aromatic nitrogens is 1. The third-order valence-corrected chi connectivity index (χ3v) is 6.76. The maximum absolute atomic E-state index is 13.2. The first kappa shape index (κ1) is 27.6. The monoisotopic (exact) mass is 556 g/mol. The summed E-state index contributed by atoms with van der Waals surface area (Å²) < 4.78 is 0. The smallest absolute Gasteiger partial charge is 0.272 e. The van der Waals surface area contributed by atoms with Crippen molar-refractivity contribution in [2.75, 3.05) is 10.6 Å². The van der Waals surface area contributed by atoms with Crippen LogP contribution in [0.1, 0.15) is 22.8 Å². The standard InChI is InChI=1S/C30H25ClN4O3S/c1-20(28(36)34-25-11-5-10-23(31)18-25)39-26-14-12-24(13-15-26)33-30(38)27(17-21-7-6-16-32-19-21)35-29(37)22-8-3-2-4-9-22/h2-20H,1H3,(H,33,38)(H,34,36)(H,35,37)/b27-17-. The van der Waals surface area contributed by atoms with Gasteiger partial charge in [0.15, 0.2) is 0 Å². The second kappa shape index (κ2) is 13.4. The molecule has 0 aliphatic carbocycles. The minimum Gasteiger partial charge on any atom is -0.325 e. The molecule has 7 nitrogen and oxygen atoms in total. The van der Waals surface area contributed by atoms with Crippen LogP contribution >= 0.6 is 23.4 Å². The summed E-state index contributed by atoms with van der Waals surface area (Å²) in [5, 5.41) is 8.55. The van der Waals surface area contributed by atoms with Gasteiger partial charge in [0.1, 0.15) is 5.70 Å². The van der Waals surface area contributed by atoms with E-state index in [4.69, 9.17) is 11.6 Å². The zero-order valence-electron chi connectivity index (χ0n) is 20.9. The summed E-state index contributed by atoms with van der Waals surface area (Å²) in [6.45, 7) is 1.81. The predicted octanol–water partition coefficient (Wildman–Crippen LogP) is 6.26. The summed E-state index contributed by atoms with van der Waals surface area (Å²) in [4.78, 5) is 43.4. The molecule has 196 valence electrons. The molecule has 1 unspecified atom stereocenters. The van der Waals surface area contributed by atoms with Gasteiger partial charge in [-0.25, -0.2) is 0 Å². The number of thioether (sulfide) groups is 1. The lowest BCUT2D eigenvalue weighted by molar-refractivity contribution is -0.115. The van der Waals surface area contributed by atoms with Crippen LogP contribution in [0.3, 0.4) is 0 Å². The molecule has 0 radical (unpaired) electrons. The number of anilines is 2. The summed E-state index contributed by atoms with van der Waals surface area (Å²) >= 11 is 7.37. The van der Waals surface area contributed by atoms with E-state index in [-0.39, 0.29) is 16.9 Å². The molecule has 0 saturated carbocycles. The zero-order chi connectivity index (χ0) is 27.6. The van der Waals surface area contributed by atoms with Crippen molar-refractivity contribution in [2.24, 2.45) is 0 Å². The molecule has 4 aromatic rings. The van der Waals surface area contributed by atoms with Gasteiger partial charge in [-0.2, -0.15) is 0 Å². The lowest BCUT2D eigenvalue weighted by Gasteiger charge is -2.13. The molecule has 1 atom stereocenters. The number of hydrogen-bond donors (Lipinski definition) is 3. The second-order valence-electron chi connectivity index (χ2n) is 8.40. The molecule has 0 fully saturated rings. The summed E-state index contributed by atoms with van der Waals surface area (Å²) in [6, 6.07) is 26.3. The zero-order valence-corrected chi connectivity index (χ0v) is 22.5. The fraction of sp³-hybridized carbons (Fsp3) is 0.0667. The van der Waals surface area contributed by atoms with E-state index in [2.05, 4.69) is 20.9 Å². The van der Waals surface area contributed by atoms with E-state index in [1.165, 1.54) is 11.8 Å². The first-order chi connectivity index (χ1) is 18.9. The number of nitrogens with zero attached hydrogens (tertiary/aromatic N) is 1. The van der Waals surface area contributed by atoms with Gasteiger partial charge in [0.05, 0.1) is 5.25 Å². The van der Waals surface area contributed by atoms with Crippen LogP contribution in [0.4, 0.5) is 11.4 Å². The van der Waals surface area contributed by atoms with Gasteiger partial charge >= 0.3 is 0 Å². The molecule has 1 aromatic heterocycles. The quantitative estimate of drug-likeness (QED) is 0.167. The van der Waals surface area contributed by atoms with Crippen LogP contribution in [0.25, 0.3) is 6.08 Å². The molecule has 1 heterocycles. The molecular formula is C30H25ClN4O3S. The molecule has 3 N–H and O–H groups in total. The van der Waals surface area contributed by atoms with Crippen molar-refractivity contribution in [3.8, 4) is 0 Å². The summed E-state index contributed by atoms with van der Waals surface area (Å²) in [5.74, 6) is -1.05. The van der Waals surface area contributed by atoms with Crippen LogP contribution in [0, 0.1) is 0 Å². The fourth-order valence-corrected chi connectivity index (χ4v) is 4.51. The number of rotatable bonds is 9. The SMILES string of the molecule is CC(Sc1ccc(NC(=O)/C(=C/c2cccnc2)NC(=O)c2ccccc2)cc1)C(=O)Nc1cccc(Cl)c1. The number of carbonyl (C=O) groups is 3. The van der Waals surface area contributed by atoms with Gasteiger partial charge in [0.2, 0.25) is 5.91 Å². The fourth-order valence-electron chi connectivity index (χ4n) is 3.45. The van der Waals surface area contributed by atoms with E-state index >= 15 is 0 Å². The number of benzene rings is 3. The Kier molecular flexibility index (Phi) is 9.50. The third-order valence-electron chi connectivity index (χ3n) is 5.41. The van der Waals surface area contributed by atoms with Crippen molar-refractivity contribution in [3.05, 3.63) is 125 Å². The van der Waals surface area contributed by atoms with Crippen LogP contribution < -0.4 is 16.0 Å². The molecule has 0 bridgehead atoms. The number of nitrogens with one attached hydrogen (secondary N) is 3. The Morgan fingerprint density at radius 2 is 1.64 bits per heavy atom. The molecule has 9 heteroatoms. The Hall–Kier alpha value is -4.40. The number of halogens is 1. The van der Waals surface area contributed by atoms with Gasteiger partial charge in [0, 0.05) is 39.3 Å². The van der Waals surface area contributed by atoms with Crippen molar-refractivity contribution in [1.29, 1.82) is 0 Å². The lowest BCUT2D eigenvalue weighted by Crippen LogP contribution is -2.30. The summed E-state index contributed by atoms with van der Waals surface area (Å²) in [5.41, 5.74) is 2.32. The van der Waals surface area contributed by atoms with E-state index in [1.807, 2.05) is 25.1 Å². The van der Waals surface area contributed by atoms with Gasteiger partial charge in [-0.05, 0) is 79.2 Å². The molecule has 0 aliphatic heterocycles. The molecule has 3 amide bonds. The minimum atomic E-state index is -0.488. The molecular weight excluding hydrogens is 532 g/mol. The van der Waals surface area contributed by atoms with Crippen LogP contribution in [0.15, 0.2) is 114 Å². The first-order valence-electron chi connectivity index (χ1n) is 12.0. The largest absolute Gasteiger partial charge is 0.325 e. The highest BCUT2D eigenvalue weighted by Gasteiger charge is 2.17. The molecule has 39 heavy (non-hydrogen) atoms. The molecule has 0 spiro atoms. The Labute approximate surface area is 235 Å². The highest BCUT2D eigenvalue weighted by Crippen LogP contribution is 2.26.